The van der Waals surface area contributed by atoms with Gasteiger partial charge in [-0.1, -0.05) is 47.5 Å². The highest BCUT2D eigenvalue weighted by Crippen LogP contribution is 2.25. The summed E-state index contributed by atoms with van der Waals surface area (Å²) in [4.78, 5) is 0. The van der Waals surface area contributed by atoms with Gasteiger partial charge in [-0.05, 0) is 42.3 Å². The molecule has 1 aromatic heterocycles. The van der Waals surface area contributed by atoms with E-state index in [2.05, 4.69) is 30.2 Å². The van der Waals surface area contributed by atoms with Crippen LogP contribution in [-0.2, 0) is 6.54 Å². The van der Waals surface area contributed by atoms with Crippen molar-refractivity contribution in [2.75, 3.05) is 6.61 Å². The van der Waals surface area contributed by atoms with Crippen LogP contribution in [0.25, 0.3) is 17.0 Å². The molecular formula is C18H16Cl2N2O. The first-order valence-electron chi connectivity index (χ1n) is 7.27. The maximum atomic E-state index is 9.00. The van der Waals surface area contributed by atoms with Crippen molar-refractivity contribution < 1.29 is 5.11 Å². The molecule has 0 radical (unpaired) electrons. The molecule has 23 heavy (non-hydrogen) atoms. The van der Waals surface area contributed by atoms with Crippen molar-refractivity contribution in [2.24, 2.45) is 0 Å². The van der Waals surface area contributed by atoms with E-state index in [1.54, 1.807) is 12.1 Å². The van der Waals surface area contributed by atoms with Gasteiger partial charge in [0, 0.05) is 15.4 Å². The van der Waals surface area contributed by atoms with Crippen molar-refractivity contribution in [3.05, 3.63) is 69.3 Å². The largest absolute Gasteiger partial charge is 0.392 e. The molecule has 2 aromatic carbocycles. The molecule has 3 aromatic rings. The first kappa shape index (κ1) is 16.1. The SMILES string of the molecule is Cc1ccc2c(/C=C/CO)nn(Cc3ccc(Cl)cc3Cl)c2c1. The molecular weight excluding hydrogens is 331 g/mol. The molecule has 3 rings (SSSR count). The lowest BCUT2D eigenvalue weighted by Crippen LogP contribution is -2.02. The Labute approximate surface area is 144 Å². The lowest BCUT2D eigenvalue weighted by Gasteiger charge is -2.07. The first-order chi connectivity index (χ1) is 11.1. The van der Waals surface area contributed by atoms with Crippen molar-refractivity contribution >= 4 is 40.2 Å². The molecule has 0 saturated heterocycles. The van der Waals surface area contributed by atoms with Crippen molar-refractivity contribution in [3.63, 3.8) is 0 Å². The third-order valence-corrected chi connectivity index (χ3v) is 4.24. The number of hydrogen-bond donors (Lipinski definition) is 1. The predicted octanol–water partition coefficient (Wildman–Crippen LogP) is 4.71. The Balaban J connectivity index is 2.09. The first-order valence-corrected chi connectivity index (χ1v) is 8.02. The highest BCUT2D eigenvalue weighted by molar-refractivity contribution is 6.35. The number of aromatic nitrogens is 2. The average Bonchev–Trinajstić information content (AvgIpc) is 2.85. The number of fused-ring (bicyclic) bond motifs is 1. The Hall–Kier alpha value is -1.81. The maximum Gasteiger partial charge on any atom is 0.0927 e. The summed E-state index contributed by atoms with van der Waals surface area (Å²) < 4.78 is 1.93. The zero-order valence-corrected chi connectivity index (χ0v) is 14.1. The van der Waals surface area contributed by atoms with Crippen molar-refractivity contribution in [3.8, 4) is 0 Å². The fourth-order valence-electron chi connectivity index (χ4n) is 2.53. The van der Waals surface area contributed by atoms with Gasteiger partial charge in [-0.15, -0.1) is 0 Å². The average molecular weight is 347 g/mol. The zero-order valence-electron chi connectivity index (χ0n) is 12.6. The van der Waals surface area contributed by atoms with E-state index in [1.807, 2.05) is 22.9 Å². The van der Waals surface area contributed by atoms with Gasteiger partial charge in [0.15, 0.2) is 0 Å². The molecule has 0 spiro atoms. The van der Waals surface area contributed by atoms with E-state index in [4.69, 9.17) is 28.3 Å². The molecule has 0 atom stereocenters. The molecule has 1 heterocycles. The summed E-state index contributed by atoms with van der Waals surface area (Å²) in [6.07, 6.45) is 3.51. The Morgan fingerprint density at radius 3 is 2.74 bits per heavy atom. The Morgan fingerprint density at radius 2 is 2.00 bits per heavy atom. The summed E-state index contributed by atoms with van der Waals surface area (Å²) in [6.45, 7) is 2.60. The van der Waals surface area contributed by atoms with Gasteiger partial charge in [0.2, 0.25) is 0 Å². The standard InChI is InChI=1S/C18H16Cl2N2O/c1-12-4-7-15-17(3-2-8-23)21-22(18(15)9-12)11-13-5-6-14(19)10-16(13)20/h2-7,9-10,23H,8,11H2,1H3/b3-2+. The maximum absolute atomic E-state index is 9.00. The Bertz CT molecular complexity index is 884. The highest BCUT2D eigenvalue weighted by Gasteiger charge is 2.11. The molecule has 0 aliphatic rings. The summed E-state index contributed by atoms with van der Waals surface area (Å²) in [5.74, 6) is 0. The van der Waals surface area contributed by atoms with Crippen LogP contribution in [0.3, 0.4) is 0 Å². The van der Waals surface area contributed by atoms with E-state index < -0.39 is 0 Å². The van der Waals surface area contributed by atoms with E-state index in [-0.39, 0.29) is 6.61 Å². The topological polar surface area (TPSA) is 38.1 Å². The van der Waals surface area contributed by atoms with Crippen LogP contribution >= 0.6 is 23.2 Å². The lowest BCUT2D eigenvalue weighted by molar-refractivity contribution is 0.343. The highest BCUT2D eigenvalue weighted by atomic mass is 35.5. The van der Waals surface area contributed by atoms with Crippen LogP contribution in [0.4, 0.5) is 0 Å². The number of aryl methyl sites for hydroxylation is 1. The van der Waals surface area contributed by atoms with Crippen molar-refractivity contribution in [1.82, 2.24) is 9.78 Å². The van der Waals surface area contributed by atoms with Crippen LogP contribution in [0, 0.1) is 6.92 Å². The third kappa shape index (κ3) is 3.42. The van der Waals surface area contributed by atoms with Crippen LogP contribution < -0.4 is 0 Å². The minimum absolute atomic E-state index is 0.0107. The van der Waals surface area contributed by atoms with Crippen LogP contribution in [0.2, 0.25) is 10.0 Å². The number of rotatable bonds is 4. The number of halogens is 2. The normalized spacial score (nSPS) is 11.7. The van der Waals surface area contributed by atoms with Gasteiger partial charge in [0.25, 0.3) is 0 Å². The molecule has 1 N–H and O–H groups in total. The van der Waals surface area contributed by atoms with Crippen LogP contribution in [0.15, 0.2) is 42.5 Å². The number of benzene rings is 2. The van der Waals surface area contributed by atoms with Gasteiger partial charge >= 0.3 is 0 Å². The zero-order chi connectivity index (χ0) is 16.4. The molecule has 5 heteroatoms. The van der Waals surface area contributed by atoms with Crippen molar-refractivity contribution in [2.45, 2.75) is 13.5 Å². The number of hydrogen-bond acceptors (Lipinski definition) is 2. The van der Waals surface area contributed by atoms with Crippen molar-refractivity contribution in [1.29, 1.82) is 0 Å². The molecule has 0 unspecified atom stereocenters. The van der Waals surface area contributed by atoms with Crippen LogP contribution in [0.1, 0.15) is 16.8 Å². The fraction of sp³-hybridized carbons (Fsp3) is 0.167. The lowest BCUT2D eigenvalue weighted by atomic mass is 10.1. The second-order valence-electron chi connectivity index (χ2n) is 5.38. The Morgan fingerprint density at radius 1 is 1.17 bits per heavy atom. The minimum Gasteiger partial charge on any atom is -0.392 e. The Kier molecular flexibility index (Phi) is 4.71. The quantitative estimate of drug-likeness (QED) is 0.743. The summed E-state index contributed by atoms with van der Waals surface area (Å²) in [6, 6.07) is 11.7. The van der Waals surface area contributed by atoms with Gasteiger partial charge in [0.1, 0.15) is 0 Å². The second-order valence-corrected chi connectivity index (χ2v) is 6.23. The summed E-state index contributed by atoms with van der Waals surface area (Å²) in [5.41, 5.74) is 3.99. The van der Waals surface area contributed by atoms with Gasteiger partial charge < -0.3 is 5.11 Å². The van der Waals surface area contributed by atoms with Crippen LogP contribution in [-0.4, -0.2) is 21.5 Å². The number of aliphatic hydroxyl groups is 1. The summed E-state index contributed by atoms with van der Waals surface area (Å²) in [7, 11) is 0. The number of nitrogens with zero attached hydrogens (tertiary/aromatic N) is 2. The molecule has 118 valence electrons. The molecule has 0 amide bonds. The molecule has 0 fully saturated rings. The van der Waals surface area contributed by atoms with Gasteiger partial charge in [0.05, 0.1) is 24.4 Å². The van der Waals surface area contributed by atoms with E-state index in [9.17, 15) is 0 Å². The van der Waals surface area contributed by atoms with Gasteiger partial charge in [-0.2, -0.15) is 5.10 Å². The van der Waals surface area contributed by atoms with Crippen LogP contribution in [0.5, 0.6) is 0 Å². The number of aliphatic hydroxyl groups excluding tert-OH is 1. The molecule has 0 bridgehead atoms. The van der Waals surface area contributed by atoms with Gasteiger partial charge in [-0.3, -0.25) is 4.68 Å². The van der Waals surface area contributed by atoms with E-state index in [1.165, 1.54) is 5.56 Å². The minimum atomic E-state index is -0.0107. The predicted molar refractivity (Wildman–Crippen MR) is 96.2 cm³/mol. The van der Waals surface area contributed by atoms with Gasteiger partial charge in [-0.25, -0.2) is 0 Å². The monoisotopic (exact) mass is 346 g/mol. The van der Waals surface area contributed by atoms with E-state index >= 15 is 0 Å². The fourth-order valence-corrected chi connectivity index (χ4v) is 3.00. The molecule has 0 aliphatic heterocycles. The second kappa shape index (κ2) is 6.75. The summed E-state index contributed by atoms with van der Waals surface area (Å²) in [5, 5.41) is 15.9. The summed E-state index contributed by atoms with van der Waals surface area (Å²) >= 11 is 12.2. The molecule has 0 saturated carbocycles. The van der Waals surface area contributed by atoms with E-state index in [0.29, 0.717) is 16.6 Å². The third-order valence-electron chi connectivity index (χ3n) is 3.65. The molecule has 0 aliphatic carbocycles. The smallest absolute Gasteiger partial charge is 0.0927 e. The molecule has 3 nitrogen and oxygen atoms in total. The van der Waals surface area contributed by atoms with E-state index in [0.717, 1.165) is 22.2 Å².